The Hall–Kier alpha value is -3.02. The van der Waals surface area contributed by atoms with Crippen LogP contribution in [0, 0.1) is 12.0 Å². The number of benzene rings is 3. The lowest BCUT2D eigenvalue weighted by atomic mass is 9.87. The van der Waals surface area contributed by atoms with E-state index in [1.54, 1.807) is 0 Å². The first-order chi connectivity index (χ1) is 11.7. The van der Waals surface area contributed by atoms with Crippen molar-refractivity contribution in [2.75, 3.05) is 11.9 Å². The highest BCUT2D eigenvalue weighted by Crippen LogP contribution is 2.28. The van der Waals surface area contributed by atoms with Gasteiger partial charge in [-0.05, 0) is 18.1 Å². The van der Waals surface area contributed by atoms with Crippen LogP contribution in [0.4, 0.5) is 5.69 Å². The lowest BCUT2D eigenvalue weighted by Crippen LogP contribution is -2.26. The smallest absolute Gasteiger partial charge is 0.178 e. The molecule has 3 aromatic rings. The predicted molar refractivity (Wildman–Crippen MR) is 98.5 cm³/mol. The molecule has 0 saturated heterocycles. The third kappa shape index (κ3) is 3.32. The van der Waals surface area contributed by atoms with Gasteiger partial charge in [-0.1, -0.05) is 78.9 Å². The van der Waals surface area contributed by atoms with Gasteiger partial charge in [-0.3, -0.25) is 0 Å². The summed E-state index contributed by atoms with van der Waals surface area (Å²) >= 11 is 0. The normalized spacial score (nSPS) is 10.6. The van der Waals surface area contributed by atoms with Crippen molar-refractivity contribution >= 4 is 5.69 Å². The summed E-state index contributed by atoms with van der Waals surface area (Å²) in [6, 6.07) is 32.0. The summed E-state index contributed by atoms with van der Waals surface area (Å²) in [5, 5.41) is 11.3. The van der Waals surface area contributed by atoms with E-state index in [2.05, 4.69) is 12.0 Å². The maximum absolute atomic E-state index is 11.3. The molecule has 0 spiro atoms. The van der Waals surface area contributed by atoms with Crippen LogP contribution in [0.2, 0.25) is 0 Å². The zero-order chi connectivity index (χ0) is 16.8. The van der Waals surface area contributed by atoms with E-state index < -0.39 is 5.60 Å². The Balaban J connectivity index is 2.03. The maximum Gasteiger partial charge on any atom is 0.178 e. The van der Waals surface area contributed by atoms with E-state index in [-0.39, 0.29) is 0 Å². The van der Waals surface area contributed by atoms with Gasteiger partial charge < -0.3 is 10.0 Å². The molecule has 118 valence electrons. The van der Waals surface area contributed by atoms with Crippen molar-refractivity contribution in [1.29, 1.82) is 0 Å². The van der Waals surface area contributed by atoms with Gasteiger partial charge in [-0.15, -0.1) is 0 Å². The van der Waals surface area contributed by atoms with Crippen molar-refractivity contribution in [3.05, 3.63) is 102 Å². The average molecular weight is 313 g/mol. The number of aliphatic hydroxyl groups is 1. The first kappa shape index (κ1) is 15.9. The largest absolute Gasteiger partial charge is 0.369 e. The van der Waals surface area contributed by atoms with E-state index in [1.807, 2.05) is 103 Å². The quantitative estimate of drug-likeness (QED) is 0.583. The van der Waals surface area contributed by atoms with Crippen LogP contribution in [0.15, 0.2) is 91.0 Å². The number of hydrogen-bond acceptors (Lipinski definition) is 2. The Morgan fingerprint density at radius 1 is 0.708 bits per heavy atom. The fourth-order valence-corrected chi connectivity index (χ4v) is 2.55. The molecule has 0 atom stereocenters. The summed E-state index contributed by atoms with van der Waals surface area (Å²) in [5.41, 5.74) is 1.13. The molecule has 2 heteroatoms. The zero-order valence-electron chi connectivity index (χ0n) is 13.6. The van der Waals surface area contributed by atoms with Crippen LogP contribution in [0.25, 0.3) is 0 Å². The lowest BCUT2D eigenvalue weighted by Gasteiger charge is -2.24. The van der Waals surface area contributed by atoms with E-state index in [9.17, 15) is 5.11 Å². The Morgan fingerprint density at radius 2 is 1.12 bits per heavy atom. The Bertz CT molecular complexity index is 793. The van der Waals surface area contributed by atoms with Crippen LogP contribution in [0.3, 0.4) is 0 Å². The van der Waals surface area contributed by atoms with E-state index in [1.165, 1.54) is 0 Å². The Labute approximate surface area is 143 Å². The molecular formula is C22H19NO. The first-order valence-electron chi connectivity index (χ1n) is 7.85. The molecule has 0 radical (unpaired) electrons. The molecule has 1 N–H and O–H groups in total. The second-order valence-corrected chi connectivity index (χ2v) is 5.57. The molecule has 0 fully saturated rings. The third-order valence-electron chi connectivity index (χ3n) is 3.93. The summed E-state index contributed by atoms with van der Waals surface area (Å²) in [7, 11) is 1.89. The Morgan fingerprint density at radius 3 is 1.58 bits per heavy atom. The summed E-state index contributed by atoms with van der Waals surface area (Å²) in [6.45, 7) is 0. The lowest BCUT2D eigenvalue weighted by molar-refractivity contribution is 0.145. The SMILES string of the molecule is CN(C#CC(O)(c1ccccc1)c1ccccc1)c1ccccc1. The van der Waals surface area contributed by atoms with Gasteiger partial charge in [0.25, 0.3) is 0 Å². The van der Waals surface area contributed by atoms with Gasteiger partial charge in [-0.25, -0.2) is 0 Å². The molecule has 0 aliphatic heterocycles. The maximum atomic E-state index is 11.3. The highest BCUT2D eigenvalue weighted by Gasteiger charge is 2.29. The van der Waals surface area contributed by atoms with Gasteiger partial charge >= 0.3 is 0 Å². The van der Waals surface area contributed by atoms with Crippen LogP contribution in [0.1, 0.15) is 11.1 Å². The molecule has 0 saturated carbocycles. The van der Waals surface area contributed by atoms with Crippen molar-refractivity contribution in [3.63, 3.8) is 0 Å². The third-order valence-corrected chi connectivity index (χ3v) is 3.93. The van der Waals surface area contributed by atoms with Crippen molar-refractivity contribution in [2.45, 2.75) is 5.60 Å². The number of rotatable bonds is 3. The molecule has 0 aliphatic carbocycles. The van der Waals surface area contributed by atoms with Crippen molar-refractivity contribution in [3.8, 4) is 12.0 Å². The molecule has 24 heavy (non-hydrogen) atoms. The molecular weight excluding hydrogens is 294 g/mol. The zero-order valence-corrected chi connectivity index (χ0v) is 13.6. The molecule has 3 rings (SSSR count). The molecule has 3 aromatic carbocycles. The fraction of sp³-hybridized carbons (Fsp3) is 0.0909. The number of hydrogen-bond donors (Lipinski definition) is 1. The predicted octanol–water partition coefficient (Wildman–Crippen LogP) is 4.02. The first-order valence-corrected chi connectivity index (χ1v) is 7.85. The highest BCUT2D eigenvalue weighted by molar-refractivity contribution is 5.53. The van der Waals surface area contributed by atoms with Crippen LogP contribution in [-0.4, -0.2) is 12.2 Å². The van der Waals surface area contributed by atoms with Gasteiger partial charge in [0.05, 0.1) is 0 Å². The van der Waals surface area contributed by atoms with Crippen molar-refractivity contribution in [1.82, 2.24) is 0 Å². The van der Waals surface area contributed by atoms with Crippen LogP contribution >= 0.6 is 0 Å². The highest BCUT2D eigenvalue weighted by atomic mass is 16.3. The Kier molecular flexibility index (Phi) is 4.65. The van der Waals surface area contributed by atoms with Crippen LogP contribution < -0.4 is 4.90 Å². The average Bonchev–Trinajstić information content (AvgIpc) is 2.68. The monoisotopic (exact) mass is 313 g/mol. The second kappa shape index (κ2) is 7.04. The summed E-state index contributed by atoms with van der Waals surface area (Å²) < 4.78 is 0. The summed E-state index contributed by atoms with van der Waals surface area (Å²) in [5.74, 6) is 3.06. The molecule has 0 aromatic heterocycles. The van der Waals surface area contributed by atoms with Gasteiger partial charge in [0.15, 0.2) is 5.60 Å². The minimum atomic E-state index is -1.36. The van der Waals surface area contributed by atoms with E-state index in [0.29, 0.717) is 0 Å². The number of anilines is 1. The topological polar surface area (TPSA) is 23.5 Å². The van der Waals surface area contributed by atoms with Gasteiger partial charge in [0.2, 0.25) is 0 Å². The van der Waals surface area contributed by atoms with E-state index in [4.69, 9.17) is 0 Å². The van der Waals surface area contributed by atoms with E-state index in [0.717, 1.165) is 16.8 Å². The van der Waals surface area contributed by atoms with Gasteiger partial charge in [0.1, 0.15) is 0 Å². The van der Waals surface area contributed by atoms with Gasteiger partial charge in [0, 0.05) is 29.9 Å². The molecule has 0 bridgehead atoms. The minimum absolute atomic E-state index is 0.755. The second-order valence-electron chi connectivity index (χ2n) is 5.57. The molecule has 0 amide bonds. The summed E-state index contributed by atoms with van der Waals surface area (Å²) in [4.78, 5) is 1.82. The van der Waals surface area contributed by atoms with Crippen LogP contribution in [0.5, 0.6) is 0 Å². The van der Waals surface area contributed by atoms with Crippen LogP contribution in [-0.2, 0) is 5.60 Å². The molecule has 2 nitrogen and oxygen atoms in total. The van der Waals surface area contributed by atoms with E-state index >= 15 is 0 Å². The molecule has 0 aliphatic rings. The summed E-state index contributed by atoms with van der Waals surface area (Å²) in [6.07, 6.45) is 0. The standard InChI is InChI=1S/C22H19NO/c1-23(21-15-9-4-10-16-21)18-17-22(24,19-11-5-2-6-12-19)20-13-7-3-8-14-20/h2-16,24H,1H3. The number of para-hydroxylation sites is 1. The molecule has 0 unspecified atom stereocenters. The number of nitrogens with zero attached hydrogens (tertiary/aromatic N) is 1. The van der Waals surface area contributed by atoms with Crippen molar-refractivity contribution in [2.24, 2.45) is 0 Å². The fourth-order valence-electron chi connectivity index (χ4n) is 2.55. The molecule has 0 heterocycles. The minimum Gasteiger partial charge on any atom is -0.369 e. The van der Waals surface area contributed by atoms with Gasteiger partial charge in [-0.2, -0.15) is 0 Å². The van der Waals surface area contributed by atoms with Crippen molar-refractivity contribution < 1.29 is 5.11 Å².